The van der Waals surface area contributed by atoms with E-state index in [1.54, 1.807) is 6.92 Å². The van der Waals surface area contributed by atoms with E-state index >= 15 is 0 Å². The second-order valence-corrected chi connectivity index (χ2v) is 3.88. The van der Waals surface area contributed by atoms with Crippen molar-refractivity contribution < 1.29 is 14.3 Å². The topological polar surface area (TPSA) is 50.8 Å². The van der Waals surface area contributed by atoms with Gasteiger partial charge in [0.2, 0.25) is 5.91 Å². The van der Waals surface area contributed by atoms with Gasteiger partial charge in [0.05, 0.1) is 12.7 Å². The molecule has 1 aliphatic heterocycles. The summed E-state index contributed by atoms with van der Waals surface area (Å²) in [5.41, 5.74) is 0. The molecule has 88 valence electrons. The van der Waals surface area contributed by atoms with E-state index in [0.717, 1.165) is 19.7 Å². The fourth-order valence-corrected chi connectivity index (χ4v) is 1.46. The van der Waals surface area contributed by atoms with Crippen molar-refractivity contribution in [2.75, 3.05) is 40.4 Å². The van der Waals surface area contributed by atoms with Gasteiger partial charge in [-0.25, -0.2) is 0 Å². The lowest BCUT2D eigenvalue weighted by atomic mass is 10.2. The number of methoxy groups -OCH3 is 1. The Bertz CT molecular complexity index is 211. The third-order valence-corrected chi connectivity index (χ3v) is 2.57. The number of ether oxygens (including phenoxy) is 2. The summed E-state index contributed by atoms with van der Waals surface area (Å²) in [5, 5.41) is 2.81. The van der Waals surface area contributed by atoms with Crippen molar-refractivity contribution in [2.45, 2.75) is 19.1 Å². The lowest BCUT2D eigenvalue weighted by molar-refractivity contribution is -0.131. The summed E-state index contributed by atoms with van der Waals surface area (Å²) < 4.78 is 10.4. The number of carbonyl (C=O) groups is 1. The number of nitrogens with zero attached hydrogens (tertiary/aromatic N) is 1. The highest BCUT2D eigenvalue weighted by atomic mass is 16.5. The molecule has 0 aliphatic carbocycles. The molecule has 2 unspecified atom stereocenters. The van der Waals surface area contributed by atoms with Crippen molar-refractivity contribution in [3.63, 3.8) is 0 Å². The zero-order chi connectivity index (χ0) is 11.3. The van der Waals surface area contributed by atoms with Crippen LogP contribution in [0.5, 0.6) is 0 Å². The normalized spacial score (nSPS) is 24.9. The highest BCUT2D eigenvalue weighted by Crippen LogP contribution is 2.01. The number of likely N-dealkylation sites (N-methyl/N-ethyl adjacent to an activating group) is 1. The molecule has 1 rings (SSSR count). The minimum Gasteiger partial charge on any atom is -0.374 e. The molecule has 5 nitrogen and oxygen atoms in total. The Labute approximate surface area is 90.7 Å². The molecule has 1 heterocycles. The molecule has 1 fully saturated rings. The Kier molecular flexibility index (Phi) is 5.01. The maximum Gasteiger partial charge on any atom is 0.248 e. The monoisotopic (exact) mass is 216 g/mol. The van der Waals surface area contributed by atoms with E-state index in [1.165, 1.54) is 7.11 Å². The van der Waals surface area contributed by atoms with Crippen molar-refractivity contribution in [3.8, 4) is 0 Å². The molecule has 5 heteroatoms. The minimum atomic E-state index is -0.397. The first-order valence-corrected chi connectivity index (χ1v) is 5.24. The van der Waals surface area contributed by atoms with Crippen LogP contribution in [0.15, 0.2) is 0 Å². The van der Waals surface area contributed by atoms with Crippen molar-refractivity contribution >= 4 is 5.91 Å². The first-order chi connectivity index (χ1) is 7.13. The molecule has 0 bridgehead atoms. The smallest absolute Gasteiger partial charge is 0.248 e. The molecule has 0 aromatic heterocycles. The van der Waals surface area contributed by atoms with Gasteiger partial charge in [-0.1, -0.05) is 0 Å². The number of carbonyl (C=O) groups excluding carboxylic acids is 1. The van der Waals surface area contributed by atoms with Crippen molar-refractivity contribution in [1.82, 2.24) is 10.2 Å². The van der Waals surface area contributed by atoms with Gasteiger partial charge in [-0.05, 0) is 14.0 Å². The Hall–Kier alpha value is -0.650. The first-order valence-electron chi connectivity index (χ1n) is 5.24. The molecule has 0 aromatic rings. The van der Waals surface area contributed by atoms with E-state index in [1.807, 2.05) is 0 Å². The van der Waals surface area contributed by atoms with Gasteiger partial charge in [0.1, 0.15) is 6.10 Å². The Morgan fingerprint density at radius 2 is 2.47 bits per heavy atom. The van der Waals surface area contributed by atoms with E-state index in [-0.39, 0.29) is 12.0 Å². The van der Waals surface area contributed by atoms with Crippen LogP contribution < -0.4 is 5.32 Å². The average Bonchev–Trinajstić information content (AvgIpc) is 2.25. The van der Waals surface area contributed by atoms with E-state index in [0.29, 0.717) is 6.54 Å². The average molecular weight is 216 g/mol. The largest absolute Gasteiger partial charge is 0.374 e. The molecule has 1 N–H and O–H groups in total. The fraction of sp³-hybridized carbons (Fsp3) is 0.900. The molecule has 15 heavy (non-hydrogen) atoms. The predicted octanol–water partition coefficient (Wildman–Crippen LogP) is -0.532. The second kappa shape index (κ2) is 6.05. The van der Waals surface area contributed by atoms with Crippen molar-refractivity contribution in [1.29, 1.82) is 0 Å². The van der Waals surface area contributed by atoms with E-state index in [2.05, 4.69) is 17.3 Å². The molecule has 1 saturated heterocycles. The number of amides is 1. The quantitative estimate of drug-likeness (QED) is 0.686. The fourth-order valence-electron chi connectivity index (χ4n) is 1.46. The Morgan fingerprint density at radius 1 is 1.73 bits per heavy atom. The van der Waals surface area contributed by atoms with Crippen LogP contribution in [0.4, 0.5) is 0 Å². The lowest BCUT2D eigenvalue weighted by Gasteiger charge is -2.30. The lowest BCUT2D eigenvalue weighted by Crippen LogP contribution is -2.47. The summed E-state index contributed by atoms with van der Waals surface area (Å²) in [6.45, 7) is 4.83. The molecule has 0 radical (unpaired) electrons. The van der Waals surface area contributed by atoms with Crippen LogP contribution in [0, 0.1) is 0 Å². The van der Waals surface area contributed by atoms with E-state index < -0.39 is 6.10 Å². The van der Waals surface area contributed by atoms with Crippen LogP contribution in [0.2, 0.25) is 0 Å². The zero-order valence-corrected chi connectivity index (χ0v) is 9.66. The maximum absolute atomic E-state index is 11.4. The van der Waals surface area contributed by atoms with Crippen LogP contribution >= 0.6 is 0 Å². The van der Waals surface area contributed by atoms with E-state index in [4.69, 9.17) is 9.47 Å². The summed E-state index contributed by atoms with van der Waals surface area (Å²) in [4.78, 5) is 13.6. The molecule has 0 saturated carbocycles. The first kappa shape index (κ1) is 12.4. The maximum atomic E-state index is 11.4. The van der Waals surface area contributed by atoms with Gasteiger partial charge >= 0.3 is 0 Å². The van der Waals surface area contributed by atoms with Gasteiger partial charge in [-0.15, -0.1) is 0 Å². The molecular formula is C10H20N2O3. The van der Waals surface area contributed by atoms with Crippen molar-refractivity contribution in [3.05, 3.63) is 0 Å². The van der Waals surface area contributed by atoms with Gasteiger partial charge in [0, 0.05) is 26.7 Å². The van der Waals surface area contributed by atoms with Crippen LogP contribution in [0.3, 0.4) is 0 Å². The summed E-state index contributed by atoms with van der Waals surface area (Å²) in [5.74, 6) is -0.0886. The molecular weight excluding hydrogens is 196 g/mol. The molecule has 0 aromatic carbocycles. The van der Waals surface area contributed by atoms with Gasteiger partial charge in [0.15, 0.2) is 0 Å². The van der Waals surface area contributed by atoms with Crippen LogP contribution in [-0.2, 0) is 14.3 Å². The second-order valence-electron chi connectivity index (χ2n) is 3.88. The number of nitrogens with one attached hydrogen (secondary N) is 1. The standard InChI is InChI=1S/C10H20N2O3/c1-8(14-3)10(13)11-6-9-7-12(2)4-5-15-9/h8-9H,4-7H2,1-3H3,(H,11,13). The number of hydrogen-bond acceptors (Lipinski definition) is 4. The molecule has 2 atom stereocenters. The summed E-state index contributed by atoms with van der Waals surface area (Å²) in [6, 6.07) is 0. The third-order valence-electron chi connectivity index (χ3n) is 2.57. The highest BCUT2D eigenvalue weighted by Gasteiger charge is 2.19. The van der Waals surface area contributed by atoms with Crippen LogP contribution in [0.25, 0.3) is 0 Å². The summed E-state index contributed by atoms with van der Waals surface area (Å²) >= 11 is 0. The SMILES string of the molecule is COC(C)C(=O)NCC1CN(C)CCO1. The van der Waals surface area contributed by atoms with Gasteiger partial charge < -0.3 is 19.7 Å². The zero-order valence-electron chi connectivity index (χ0n) is 9.66. The Balaban J connectivity index is 2.21. The molecule has 1 amide bonds. The van der Waals surface area contributed by atoms with Gasteiger partial charge in [-0.2, -0.15) is 0 Å². The molecule has 0 spiro atoms. The van der Waals surface area contributed by atoms with E-state index in [9.17, 15) is 4.79 Å². The van der Waals surface area contributed by atoms with Crippen LogP contribution in [-0.4, -0.2) is 63.4 Å². The summed E-state index contributed by atoms with van der Waals surface area (Å²) in [6.07, 6.45) is -0.303. The van der Waals surface area contributed by atoms with Gasteiger partial charge in [0.25, 0.3) is 0 Å². The predicted molar refractivity (Wildman–Crippen MR) is 56.7 cm³/mol. The number of hydrogen-bond donors (Lipinski definition) is 1. The third kappa shape index (κ3) is 4.15. The molecule has 1 aliphatic rings. The Morgan fingerprint density at radius 3 is 3.07 bits per heavy atom. The highest BCUT2D eigenvalue weighted by molar-refractivity contribution is 5.80. The van der Waals surface area contributed by atoms with Crippen molar-refractivity contribution in [2.24, 2.45) is 0 Å². The minimum absolute atomic E-state index is 0.0886. The van der Waals surface area contributed by atoms with Gasteiger partial charge in [-0.3, -0.25) is 4.79 Å². The number of morpholine rings is 1. The summed E-state index contributed by atoms with van der Waals surface area (Å²) in [7, 11) is 3.57. The van der Waals surface area contributed by atoms with Crippen LogP contribution in [0.1, 0.15) is 6.92 Å². The number of rotatable bonds is 4.